The Morgan fingerprint density at radius 2 is 2.17 bits per heavy atom. The molecule has 2 heterocycles. The molecule has 18 heavy (non-hydrogen) atoms. The molecule has 0 aliphatic carbocycles. The zero-order chi connectivity index (χ0) is 12.8. The minimum atomic E-state index is 0.791. The van der Waals surface area contributed by atoms with Crippen molar-refractivity contribution in [1.29, 1.82) is 0 Å². The van der Waals surface area contributed by atoms with Crippen molar-refractivity contribution < 1.29 is 0 Å². The summed E-state index contributed by atoms with van der Waals surface area (Å²) in [6, 6.07) is 0. The number of likely N-dealkylation sites (tertiary alicyclic amines) is 1. The van der Waals surface area contributed by atoms with Crippen molar-refractivity contribution in [1.82, 2.24) is 25.2 Å². The fourth-order valence-electron chi connectivity index (χ4n) is 2.32. The number of nitrogens with zero attached hydrogens (tertiary/aromatic N) is 4. The van der Waals surface area contributed by atoms with E-state index < -0.39 is 0 Å². The third kappa shape index (κ3) is 3.96. The van der Waals surface area contributed by atoms with Crippen LogP contribution >= 0.6 is 11.8 Å². The lowest BCUT2D eigenvalue weighted by atomic mass is 10.1. The zero-order valence-corrected chi connectivity index (χ0v) is 12.1. The van der Waals surface area contributed by atoms with Crippen LogP contribution in [-0.4, -0.2) is 58.1 Å². The molecule has 1 N–H and O–H groups in total. The molecule has 1 saturated heterocycles. The Labute approximate surface area is 113 Å². The van der Waals surface area contributed by atoms with Gasteiger partial charge >= 0.3 is 0 Å². The lowest BCUT2D eigenvalue weighted by molar-refractivity contribution is 0.221. The van der Waals surface area contributed by atoms with Gasteiger partial charge in [-0.25, -0.2) is 0 Å². The fourth-order valence-corrected chi connectivity index (χ4v) is 3.00. The van der Waals surface area contributed by atoms with E-state index >= 15 is 0 Å². The zero-order valence-electron chi connectivity index (χ0n) is 11.3. The van der Waals surface area contributed by atoms with Gasteiger partial charge in [0.05, 0.1) is 12.2 Å². The van der Waals surface area contributed by atoms with Crippen molar-refractivity contribution in [2.45, 2.75) is 31.2 Å². The van der Waals surface area contributed by atoms with Gasteiger partial charge in [0.25, 0.3) is 0 Å². The second kappa shape index (κ2) is 7.11. The van der Waals surface area contributed by atoms with E-state index in [-0.39, 0.29) is 0 Å². The van der Waals surface area contributed by atoms with Crippen LogP contribution in [-0.2, 0) is 13.1 Å². The van der Waals surface area contributed by atoms with Gasteiger partial charge in [0, 0.05) is 24.5 Å². The number of aromatic nitrogens is 3. The van der Waals surface area contributed by atoms with E-state index in [1.165, 1.54) is 25.9 Å². The lowest BCUT2D eigenvalue weighted by Crippen LogP contribution is -2.36. The average molecular weight is 269 g/mol. The molecule has 2 rings (SSSR count). The summed E-state index contributed by atoms with van der Waals surface area (Å²) in [5.74, 6) is 0. The molecule has 1 aliphatic heterocycles. The van der Waals surface area contributed by atoms with E-state index in [1.54, 1.807) is 0 Å². The van der Waals surface area contributed by atoms with Crippen LogP contribution in [0.2, 0.25) is 0 Å². The van der Waals surface area contributed by atoms with Gasteiger partial charge in [0.2, 0.25) is 0 Å². The third-order valence-corrected chi connectivity index (χ3v) is 4.60. The van der Waals surface area contributed by atoms with Crippen molar-refractivity contribution >= 4 is 11.8 Å². The molecule has 1 aromatic rings. The normalized spacial score (nSPS) is 18.3. The Bertz CT molecular complexity index is 346. The Morgan fingerprint density at radius 3 is 2.83 bits per heavy atom. The molecule has 0 radical (unpaired) electrons. The minimum Gasteiger partial charge on any atom is -0.314 e. The predicted molar refractivity (Wildman–Crippen MR) is 75.8 cm³/mol. The van der Waals surface area contributed by atoms with Crippen LogP contribution in [0.1, 0.15) is 18.5 Å². The SMILES string of the molecule is CNCc1cn(CCN2CCC(SC)CC2)nn1. The smallest absolute Gasteiger partial charge is 0.0964 e. The van der Waals surface area contributed by atoms with Gasteiger partial charge in [-0.15, -0.1) is 5.10 Å². The van der Waals surface area contributed by atoms with Crippen LogP contribution in [0, 0.1) is 0 Å². The Hall–Kier alpha value is -0.590. The van der Waals surface area contributed by atoms with E-state index in [4.69, 9.17) is 0 Å². The molecule has 0 aromatic carbocycles. The molecule has 1 aliphatic rings. The summed E-state index contributed by atoms with van der Waals surface area (Å²) in [7, 11) is 1.93. The predicted octanol–water partition coefficient (Wildman–Crippen LogP) is 0.825. The lowest BCUT2D eigenvalue weighted by Gasteiger charge is -2.30. The van der Waals surface area contributed by atoms with Gasteiger partial charge < -0.3 is 10.2 Å². The number of thioether (sulfide) groups is 1. The molecule has 0 atom stereocenters. The summed E-state index contributed by atoms with van der Waals surface area (Å²) in [5.41, 5.74) is 1.01. The average Bonchev–Trinajstić information content (AvgIpc) is 2.85. The summed E-state index contributed by atoms with van der Waals surface area (Å²) in [6.07, 6.45) is 6.90. The molecule has 0 spiro atoms. The Kier molecular flexibility index (Phi) is 5.46. The van der Waals surface area contributed by atoms with E-state index in [9.17, 15) is 0 Å². The molecule has 0 saturated carbocycles. The second-order valence-electron chi connectivity index (χ2n) is 4.78. The first-order valence-electron chi connectivity index (χ1n) is 6.60. The van der Waals surface area contributed by atoms with Crippen LogP contribution in [0.4, 0.5) is 0 Å². The van der Waals surface area contributed by atoms with Crippen LogP contribution in [0.3, 0.4) is 0 Å². The number of rotatable bonds is 6. The highest BCUT2D eigenvalue weighted by atomic mass is 32.2. The van der Waals surface area contributed by atoms with E-state index in [0.717, 1.165) is 30.6 Å². The van der Waals surface area contributed by atoms with Crippen molar-refractivity contribution in [2.24, 2.45) is 0 Å². The number of piperidine rings is 1. The van der Waals surface area contributed by atoms with Crippen LogP contribution in [0.15, 0.2) is 6.20 Å². The van der Waals surface area contributed by atoms with E-state index in [1.807, 2.05) is 29.7 Å². The highest BCUT2D eigenvalue weighted by Gasteiger charge is 2.17. The minimum absolute atomic E-state index is 0.791. The molecule has 5 nitrogen and oxygen atoms in total. The standard InChI is InChI=1S/C12H23N5S/c1-13-9-11-10-17(15-14-11)8-7-16-5-3-12(18-2)4-6-16/h10,12-13H,3-9H2,1-2H3. The Morgan fingerprint density at radius 1 is 1.39 bits per heavy atom. The van der Waals surface area contributed by atoms with E-state index in [2.05, 4.69) is 26.8 Å². The number of hydrogen-bond acceptors (Lipinski definition) is 5. The topological polar surface area (TPSA) is 46.0 Å². The van der Waals surface area contributed by atoms with Gasteiger partial charge in [-0.3, -0.25) is 4.68 Å². The Balaban J connectivity index is 1.71. The monoisotopic (exact) mass is 269 g/mol. The van der Waals surface area contributed by atoms with Crippen molar-refractivity contribution in [2.75, 3.05) is 32.9 Å². The summed E-state index contributed by atoms with van der Waals surface area (Å²) < 4.78 is 1.95. The van der Waals surface area contributed by atoms with Gasteiger partial charge in [0.1, 0.15) is 0 Å². The maximum absolute atomic E-state index is 4.15. The van der Waals surface area contributed by atoms with Crippen molar-refractivity contribution in [3.8, 4) is 0 Å². The van der Waals surface area contributed by atoms with E-state index in [0.29, 0.717) is 0 Å². The number of hydrogen-bond donors (Lipinski definition) is 1. The highest BCUT2D eigenvalue weighted by molar-refractivity contribution is 7.99. The third-order valence-electron chi connectivity index (χ3n) is 3.46. The van der Waals surface area contributed by atoms with Gasteiger partial charge in [-0.2, -0.15) is 11.8 Å². The maximum Gasteiger partial charge on any atom is 0.0964 e. The maximum atomic E-state index is 4.15. The summed E-state index contributed by atoms with van der Waals surface area (Å²) >= 11 is 2.01. The van der Waals surface area contributed by atoms with Gasteiger partial charge in [0.15, 0.2) is 0 Å². The molecule has 6 heteroatoms. The summed E-state index contributed by atoms with van der Waals surface area (Å²) in [6.45, 7) is 5.27. The first-order chi connectivity index (χ1) is 8.81. The van der Waals surface area contributed by atoms with Crippen molar-refractivity contribution in [3.63, 3.8) is 0 Å². The van der Waals surface area contributed by atoms with Crippen LogP contribution < -0.4 is 5.32 Å². The van der Waals surface area contributed by atoms with Crippen LogP contribution in [0.5, 0.6) is 0 Å². The molecule has 0 bridgehead atoms. The second-order valence-corrected chi connectivity index (χ2v) is 5.92. The first kappa shape index (κ1) is 13.8. The molecular weight excluding hydrogens is 246 g/mol. The molecule has 0 unspecified atom stereocenters. The van der Waals surface area contributed by atoms with Crippen molar-refractivity contribution in [3.05, 3.63) is 11.9 Å². The summed E-state index contributed by atoms with van der Waals surface area (Å²) in [5, 5.41) is 12.2. The molecule has 102 valence electrons. The molecule has 1 aromatic heterocycles. The molecule has 1 fully saturated rings. The first-order valence-corrected chi connectivity index (χ1v) is 7.89. The van der Waals surface area contributed by atoms with Gasteiger partial charge in [-0.05, 0) is 39.2 Å². The largest absolute Gasteiger partial charge is 0.314 e. The van der Waals surface area contributed by atoms with Crippen LogP contribution in [0.25, 0.3) is 0 Å². The van der Waals surface area contributed by atoms with Gasteiger partial charge in [-0.1, -0.05) is 5.21 Å². The quantitative estimate of drug-likeness (QED) is 0.828. The molecule has 0 amide bonds. The molecular formula is C12H23N5S. The highest BCUT2D eigenvalue weighted by Crippen LogP contribution is 2.20. The number of nitrogens with one attached hydrogen (secondary N) is 1. The summed E-state index contributed by atoms with van der Waals surface area (Å²) in [4.78, 5) is 2.53. The fraction of sp³-hybridized carbons (Fsp3) is 0.833.